The zero-order chi connectivity index (χ0) is 23.3. The Morgan fingerprint density at radius 1 is 1.03 bits per heavy atom. The van der Waals surface area contributed by atoms with E-state index in [-0.39, 0.29) is 27.5 Å². The topological polar surface area (TPSA) is 145 Å². The molecule has 0 saturated carbocycles. The van der Waals surface area contributed by atoms with Gasteiger partial charge in [-0.25, -0.2) is 18.2 Å². The summed E-state index contributed by atoms with van der Waals surface area (Å²) in [5.41, 5.74) is 0.592. The minimum Gasteiger partial charge on any atom is -0.306 e. The fourth-order valence-corrected chi connectivity index (χ4v) is 3.85. The SMILES string of the molecule is Cc1c(NC(=O)N(NS(=O)(=O)c2ccccc2)c2ccc(C#N)cc2)cccc1[N+](=O)[O-]. The molecule has 0 spiro atoms. The first-order chi connectivity index (χ1) is 15.2. The molecular formula is C21H17N5O5S. The number of urea groups is 1. The molecule has 11 heteroatoms. The zero-order valence-electron chi connectivity index (χ0n) is 16.7. The number of nitrogens with zero attached hydrogens (tertiary/aromatic N) is 3. The van der Waals surface area contributed by atoms with Crippen LogP contribution in [0, 0.1) is 28.4 Å². The van der Waals surface area contributed by atoms with Crippen molar-refractivity contribution in [1.29, 1.82) is 5.26 Å². The Bertz CT molecular complexity index is 1300. The maximum Gasteiger partial charge on any atom is 0.341 e. The highest BCUT2D eigenvalue weighted by Crippen LogP contribution is 2.26. The maximum atomic E-state index is 13.1. The van der Waals surface area contributed by atoms with Gasteiger partial charge in [-0.05, 0) is 49.4 Å². The number of hydrazine groups is 1. The number of hydrogen-bond donors (Lipinski definition) is 2. The van der Waals surface area contributed by atoms with Gasteiger partial charge in [0.05, 0.1) is 38.4 Å². The fraction of sp³-hybridized carbons (Fsp3) is 0.0476. The van der Waals surface area contributed by atoms with Crippen LogP contribution in [0.3, 0.4) is 0 Å². The van der Waals surface area contributed by atoms with E-state index >= 15 is 0 Å². The summed E-state index contributed by atoms with van der Waals surface area (Å²) in [6.45, 7) is 1.47. The summed E-state index contributed by atoms with van der Waals surface area (Å²) in [7, 11) is -4.15. The van der Waals surface area contributed by atoms with Crippen LogP contribution >= 0.6 is 0 Å². The van der Waals surface area contributed by atoms with E-state index in [1.807, 2.05) is 6.07 Å². The summed E-state index contributed by atoms with van der Waals surface area (Å²) in [5, 5.41) is 23.4. The lowest BCUT2D eigenvalue weighted by Gasteiger charge is -2.24. The van der Waals surface area contributed by atoms with Crippen molar-refractivity contribution in [1.82, 2.24) is 4.83 Å². The van der Waals surface area contributed by atoms with E-state index in [1.165, 1.54) is 73.7 Å². The fourth-order valence-electron chi connectivity index (χ4n) is 2.80. The molecule has 2 N–H and O–H groups in total. The van der Waals surface area contributed by atoms with Gasteiger partial charge in [0.25, 0.3) is 15.7 Å². The summed E-state index contributed by atoms with van der Waals surface area (Å²) in [4.78, 5) is 25.8. The first-order valence-corrected chi connectivity index (χ1v) is 10.6. The van der Waals surface area contributed by atoms with E-state index in [4.69, 9.17) is 5.26 Å². The number of nitro groups is 1. The molecule has 0 unspecified atom stereocenters. The normalized spacial score (nSPS) is 10.8. The van der Waals surface area contributed by atoms with E-state index in [9.17, 15) is 23.3 Å². The highest BCUT2D eigenvalue weighted by Gasteiger charge is 2.25. The van der Waals surface area contributed by atoms with Gasteiger partial charge in [-0.1, -0.05) is 24.3 Å². The van der Waals surface area contributed by atoms with Gasteiger partial charge in [0.1, 0.15) is 0 Å². The number of amides is 2. The van der Waals surface area contributed by atoms with Crippen molar-refractivity contribution in [2.24, 2.45) is 0 Å². The molecule has 0 aliphatic heterocycles. The number of benzene rings is 3. The van der Waals surface area contributed by atoms with Crippen LogP contribution in [0.25, 0.3) is 0 Å². The molecule has 3 aromatic rings. The summed E-state index contributed by atoms with van der Waals surface area (Å²) < 4.78 is 25.7. The van der Waals surface area contributed by atoms with E-state index in [0.717, 1.165) is 5.01 Å². The Balaban J connectivity index is 1.99. The predicted octanol–water partition coefficient (Wildman–Crippen LogP) is 3.71. The lowest BCUT2D eigenvalue weighted by Crippen LogP contribution is -2.48. The Labute approximate surface area is 183 Å². The Hall–Kier alpha value is -4.27. The Morgan fingerprint density at radius 3 is 2.28 bits per heavy atom. The number of hydrogen-bond acceptors (Lipinski definition) is 6. The first kappa shape index (κ1) is 22.4. The minimum absolute atomic E-state index is 0.0713. The molecule has 0 aromatic heterocycles. The molecule has 0 aliphatic carbocycles. The summed E-state index contributed by atoms with van der Waals surface area (Å²) in [6, 6.07) is 18.3. The van der Waals surface area contributed by atoms with Crippen LogP contribution in [0.4, 0.5) is 21.9 Å². The molecule has 3 rings (SSSR count). The second-order valence-electron chi connectivity index (χ2n) is 6.54. The van der Waals surface area contributed by atoms with Crippen LogP contribution in [0.5, 0.6) is 0 Å². The number of nitriles is 1. The lowest BCUT2D eigenvalue weighted by molar-refractivity contribution is -0.385. The monoisotopic (exact) mass is 451 g/mol. The zero-order valence-corrected chi connectivity index (χ0v) is 17.5. The van der Waals surface area contributed by atoms with Gasteiger partial charge >= 0.3 is 6.03 Å². The van der Waals surface area contributed by atoms with Gasteiger partial charge in [0.15, 0.2) is 0 Å². The molecule has 0 radical (unpaired) electrons. The van der Waals surface area contributed by atoms with Crippen molar-refractivity contribution in [3.63, 3.8) is 0 Å². The quantitative estimate of drug-likeness (QED) is 0.432. The molecule has 0 saturated heterocycles. The molecule has 10 nitrogen and oxygen atoms in total. The molecule has 162 valence electrons. The third-order valence-corrected chi connectivity index (χ3v) is 5.78. The minimum atomic E-state index is -4.15. The van der Waals surface area contributed by atoms with Crippen LogP contribution in [0.2, 0.25) is 0 Å². The Kier molecular flexibility index (Phi) is 6.48. The van der Waals surface area contributed by atoms with E-state index < -0.39 is 21.0 Å². The molecule has 2 amide bonds. The van der Waals surface area contributed by atoms with Gasteiger partial charge in [-0.2, -0.15) is 5.26 Å². The molecule has 0 heterocycles. The second kappa shape index (κ2) is 9.25. The summed E-state index contributed by atoms with van der Waals surface area (Å²) in [6.07, 6.45) is 0. The highest BCUT2D eigenvalue weighted by atomic mass is 32.2. The van der Waals surface area contributed by atoms with Crippen molar-refractivity contribution in [3.8, 4) is 6.07 Å². The van der Waals surface area contributed by atoms with E-state index in [2.05, 4.69) is 10.1 Å². The second-order valence-corrected chi connectivity index (χ2v) is 8.20. The van der Waals surface area contributed by atoms with Crippen molar-refractivity contribution in [2.45, 2.75) is 11.8 Å². The predicted molar refractivity (Wildman–Crippen MR) is 117 cm³/mol. The molecule has 0 aliphatic rings. The lowest BCUT2D eigenvalue weighted by atomic mass is 10.1. The molecule has 3 aromatic carbocycles. The van der Waals surface area contributed by atoms with E-state index in [0.29, 0.717) is 5.56 Å². The third kappa shape index (κ3) is 4.89. The molecule has 0 fully saturated rings. The molecule has 0 atom stereocenters. The number of sulfonamides is 1. The van der Waals surface area contributed by atoms with Crippen LogP contribution < -0.4 is 15.2 Å². The number of anilines is 2. The van der Waals surface area contributed by atoms with Gasteiger partial charge in [-0.3, -0.25) is 10.1 Å². The number of carbonyl (C=O) groups is 1. The molecule has 32 heavy (non-hydrogen) atoms. The van der Waals surface area contributed by atoms with Crippen LogP contribution in [0.1, 0.15) is 11.1 Å². The van der Waals surface area contributed by atoms with Crippen LogP contribution in [0.15, 0.2) is 77.7 Å². The molecule has 0 bridgehead atoms. The summed E-state index contributed by atoms with van der Waals surface area (Å²) in [5.74, 6) is 0. The largest absolute Gasteiger partial charge is 0.341 e. The smallest absolute Gasteiger partial charge is 0.306 e. The average Bonchev–Trinajstić information content (AvgIpc) is 2.79. The van der Waals surface area contributed by atoms with Gasteiger partial charge < -0.3 is 5.32 Å². The maximum absolute atomic E-state index is 13.1. The first-order valence-electron chi connectivity index (χ1n) is 9.15. The Morgan fingerprint density at radius 2 is 1.69 bits per heavy atom. The molecular weight excluding hydrogens is 434 g/mol. The van der Waals surface area contributed by atoms with E-state index in [1.54, 1.807) is 6.07 Å². The van der Waals surface area contributed by atoms with Gasteiger partial charge in [0, 0.05) is 6.07 Å². The van der Waals surface area contributed by atoms with Gasteiger partial charge in [0.2, 0.25) is 0 Å². The number of nitrogens with one attached hydrogen (secondary N) is 2. The van der Waals surface area contributed by atoms with Crippen molar-refractivity contribution >= 4 is 33.1 Å². The average molecular weight is 451 g/mol. The number of rotatable bonds is 6. The van der Waals surface area contributed by atoms with Crippen molar-refractivity contribution < 1.29 is 18.1 Å². The number of carbonyl (C=O) groups excluding carboxylic acids is 1. The standard InChI is InChI=1S/C21H17N5O5S/c1-15-19(8-5-9-20(15)26(28)29)23-21(27)25(17-12-10-16(14-22)11-13-17)24-32(30,31)18-6-3-2-4-7-18/h2-13,24H,1H3,(H,23,27). The number of nitro benzene ring substituents is 1. The third-order valence-electron chi connectivity index (χ3n) is 4.47. The summed E-state index contributed by atoms with van der Waals surface area (Å²) >= 11 is 0. The van der Waals surface area contributed by atoms with Crippen molar-refractivity contribution in [2.75, 3.05) is 10.3 Å². The van der Waals surface area contributed by atoms with Crippen LogP contribution in [-0.2, 0) is 10.0 Å². The van der Waals surface area contributed by atoms with Crippen molar-refractivity contribution in [3.05, 3.63) is 94.0 Å². The highest BCUT2D eigenvalue weighted by molar-refractivity contribution is 7.89. The van der Waals surface area contributed by atoms with Gasteiger partial charge in [-0.15, -0.1) is 4.83 Å². The van der Waals surface area contributed by atoms with Crippen LogP contribution in [-0.4, -0.2) is 19.4 Å².